The maximum Gasteiger partial charge on any atom is 0.251 e. The summed E-state index contributed by atoms with van der Waals surface area (Å²) in [5.74, 6) is 0.999. The lowest BCUT2D eigenvalue weighted by Gasteiger charge is -2.11. The van der Waals surface area contributed by atoms with Gasteiger partial charge in [0.15, 0.2) is 11.5 Å². The normalized spacial score (nSPS) is 10.1. The number of amides is 1. The average molecular weight is 320 g/mol. The van der Waals surface area contributed by atoms with E-state index in [9.17, 15) is 4.79 Å². The summed E-state index contributed by atoms with van der Waals surface area (Å²) in [6.45, 7) is 2.82. The van der Waals surface area contributed by atoms with Gasteiger partial charge in [0.2, 0.25) is 0 Å². The van der Waals surface area contributed by atoms with Gasteiger partial charge in [0, 0.05) is 17.1 Å². The molecule has 0 radical (unpaired) electrons. The topological polar surface area (TPSA) is 47.6 Å². The molecule has 0 heterocycles. The lowest BCUT2D eigenvalue weighted by molar-refractivity contribution is 0.0950. The lowest BCUT2D eigenvalue weighted by Crippen LogP contribution is -2.22. The lowest BCUT2D eigenvalue weighted by atomic mass is 10.1. The van der Waals surface area contributed by atoms with Crippen LogP contribution in [0.1, 0.15) is 22.8 Å². The first-order valence-electron chi connectivity index (χ1n) is 6.97. The third-order valence-electron chi connectivity index (χ3n) is 3.09. The van der Waals surface area contributed by atoms with Crippen LogP contribution in [-0.4, -0.2) is 19.6 Å². The molecule has 0 aliphatic carbocycles. The number of benzene rings is 2. The summed E-state index contributed by atoms with van der Waals surface area (Å²) < 4.78 is 10.7. The number of rotatable bonds is 6. The molecule has 1 N–H and O–H groups in total. The fourth-order valence-electron chi connectivity index (χ4n) is 1.97. The second kappa shape index (κ2) is 7.71. The van der Waals surface area contributed by atoms with Crippen LogP contribution in [0.15, 0.2) is 42.5 Å². The molecule has 22 heavy (non-hydrogen) atoms. The van der Waals surface area contributed by atoms with E-state index in [0.717, 1.165) is 5.56 Å². The van der Waals surface area contributed by atoms with E-state index in [2.05, 4.69) is 5.32 Å². The maximum absolute atomic E-state index is 12.2. The molecular formula is C17H18ClNO3. The Labute approximate surface area is 135 Å². The fourth-order valence-corrected chi connectivity index (χ4v) is 2.10. The van der Waals surface area contributed by atoms with Crippen LogP contribution in [0, 0.1) is 0 Å². The van der Waals surface area contributed by atoms with Gasteiger partial charge in [-0.25, -0.2) is 0 Å². The van der Waals surface area contributed by atoms with Gasteiger partial charge in [-0.15, -0.1) is 0 Å². The molecule has 0 aromatic heterocycles. The predicted octanol–water partition coefficient (Wildman–Crippen LogP) is 3.68. The number of methoxy groups -OCH3 is 1. The van der Waals surface area contributed by atoms with E-state index in [0.29, 0.717) is 35.2 Å². The monoisotopic (exact) mass is 319 g/mol. The molecule has 0 fully saturated rings. The summed E-state index contributed by atoms with van der Waals surface area (Å²) in [6, 6.07) is 12.5. The zero-order chi connectivity index (χ0) is 15.9. The molecule has 116 valence electrons. The van der Waals surface area contributed by atoms with Gasteiger partial charge in [-0.05, 0) is 42.8 Å². The quantitative estimate of drug-likeness (QED) is 0.883. The Hall–Kier alpha value is -2.20. The average Bonchev–Trinajstić information content (AvgIpc) is 2.54. The van der Waals surface area contributed by atoms with E-state index in [4.69, 9.17) is 21.1 Å². The van der Waals surface area contributed by atoms with E-state index in [1.54, 1.807) is 37.4 Å². The highest BCUT2D eigenvalue weighted by atomic mass is 35.5. The number of ether oxygens (including phenoxy) is 2. The molecule has 0 saturated heterocycles. The first kappa shape index (κ1) is 16.2. The van der Waals surface area contributed by atoms with Crippen molar-refractivity contribution in [1.29, 1.82) is 0 Å². The largest absolute Gasteiger partial charge is 0.493 e. The molecule has 0 atom stereocenters. The van der Waals surface area contributed by atoms with Gasteiger partial charge in [0.1, 0.15) is 0 Å². The van der Waals surface area contributed by atoms with Crippen molar-refractivity contribution in [2.24, 2.45) is 0 Å². The van der Waals surface area contributed by atoms with Crippen molar-refractivity contribution in [1.82, 2.24) is 5.32 Å². The van der Waals surface area contributed by atoms with Crippen LogP contribution in [0.25, 0.3) is 0 Å². The molecule has 0 aliphatic rings. The summed E-state index contributed by atoms with van der Waals surface area (Å²) in [4.78, 5) is 12.2. The number of carbonyl (C=O) groups excluding carboxylic acids is 1. The summed E-state index contributed by atoms with van der Waals surface area (Å²) >= 11 is 5.83. The van der Waals surface area contributed by atoms with E-state index < -0.39 is 0 Å². The first-order valence-corrected chi connectivity index (χ1v) is 7.35. The SMILES string of the molecule is CCOc1cc(C(=O)NCc2ccc(Cl)cc2)ccc1OC. The minimum atomic E-state index is -0.168. The number of halogens is 1. The standard InChI is InChI=1S/C17H18ClNO3/c1-3-22-16-10-13(6-9-15(16)21-2)17(20)19-11-12-4-7-14(18)8-5-12/h4-10H,3,11H2,1-2H3,(H,19,20). The van der Waals surface area contributed by atoms with Crippen molar-refractivity contribution in [2.45, 2.75) is 13.5 Å². The Balaban J connectivity index is 2.05. The van der Waals surface area contributed by atoms with Crippen molar-refractivity contribution in [3.63, 3.8) is 0 Å². The highest BCUT2D eigenvalue weighted by molar-refractivity contribution is 6.30. The fraction of sp³-hybridized carbons (Fsp3) is 0.235. The van der Waals surface area contributed by atoms with Crippen LogP contribution < -0.4 is 14.8 Å². The Kier molecular flexibility index (Phi) is 5.67. The molecule has 0 bridgehead atoms. The third kappa shape index (κ3) is 4.15. The Morgan fingerprint density at radius 1 is 1.14 bits per heavy atom. The number of nitrogens with one attached hydrogen (secondary N) is 1. The minimum absolute atomic E-state index is 0.168. The summed E-state index contributed by atoms with van der Waals surface area (Å²) in [6.07, 6.45) is 0. The molecule has 0 spiro atoms. The van der Waals surface area contributed by atoms with Gasteiger partial charge in [0.25, 0.3) is 5.91 Å². The predicted molar refractivity (Wildman–Crippen MR) is 86.8 cm³/mol. The van der Waals surface area contributed by atoms with Gasteiger partial charge >= 0.3 is 0 Å². The third-order valence-corrected chi connectivity index (χ3v) is 3.34. The minimum Gasteiger partial charge on any atom is -0.493 e. The molecule has 1 amide bonds. The van der Waals surface area contributed by atoms with Crippen LogP contribution in [0.2, 0.25) is 5.02 Å². The van der Waals surface area contributed by atoms with Crippen molar-refractivity contribution in [3.05, 3.63) is 58.6 Å². The molecular weight excluding hydrogens is 302 g/mol. The Morgan fingerprint density at radius 2 is 1.86 bits per heavy atom. The van der Waals surface area contributed by atoms with Crippen LogP contribution in [0.5, 0.6) is 11.5 Å². The van der Waals surface area contributed by atoms with Gasteiger partial charge in [-0.3, -0.25) is 4.79 Å². The van der Waals surface area contributed by atoms with E-state index in [-0.39, 0.29) is 5.91 Å². The first-order chi connectivity index (χ1) is 10.6. The van der Waals surface area contributed by atoms with Gasteiger partial charge < -0.3 is 14.8 Å². The molecule has 2 rings (SSSR count). The van der Waals surface area contributed by atoms with Crippen LogP contribution in [0.3, 0.4) is 0 Å². The molecule has 0 saturated carbocycles. The van der Waals surface area contributed by atoms with Crippen LogP contribution >= 0.6 is 11.6 Å². The molecule has 2 aromatic carbocycles. The summed E-state index contributed by atoms with van der Waals surface area (Å²) in [5, 5.41) is 3.54. The van der Waals surface area contributed by atoms with E-state index in [1.807, 2.05) is 19.1 Å². The van der Waals surface area contributed by atoms with E-state index in [1.165, 1.54) is 0 Å². The van der Waals surface area contributed by atoms with E-state index >= 15 is 0 Å². The number of hydrogen-bond acceptors (Lipinski definition) is 3. The van der Waals surface area contributed by atoms with Crippen LogP contribution in [0.4, 0.5) is 0 Å². The molecule has 0 unspecified atom stereocenters. The number of hydrogen-bond donors (Lipinski definition) is 1. The molecule has 0 aliphatic heterocycles. The molecule has 2 aromatic rings. The number of carbonyl (C=O) groups is 1. The van der Waals surface area contributed by atoms with Crippen molar-refractivity contribution in [3.8, 4) is 11.5 Å². The second-order valence-electron chi connectivity index (χ2n) is 4.61. The Morgan fingerprint density at radius 3 is 2.50 bits per heavy atom. The van der Waals surface area contributed by atoms with Crippen molar-refractivity contribution < 1.29 is 14.3 Å². The summed E-state index contributed by atoms with van der Waals surface area (Å²) in [7, 11) is 1.57. The molecule has 5 heteroatoms. The van der Waals surface area contributed by atoms with Gasteiger partial charge in [-0.2, -0.15) is 0 Å². The molecule has 4 nitrogen and oxygen atoms in total. The highest BCUT2D eigenvalue weighted by Gasteiger charge is 2.10. The smallest absolute Gasteiger partial charge is 0.251 e. The van der Waals surface area contributed by atoms with Crippen molar-refractivity contribution >= 4 is 17.5 Å². The second-order valence-corrected chi connectivity index (χ2v) is 5.04. The zero-order valence-electron chi connectivity index (χ0n) is 12.6. The Bertz CT molecular complexity index is 641. The summed E-state index contributed by atoms with van der Waals surface area (Å²) in [5.41, 5.74) is 1.51. The van der Waals surface area contributed by atoms with Gasteiger partial charge in [0.05, 0.1) is 13.7 Å². The van der Waals surface area contributed by atoms with Crippen molar-refractivity contribution in [2.75, 3.05) is 13.7 Å². The van der Waals surface area contributed by atoms with Gasteiger partial charge in [-0.1, -0.05) is 23.7 Å². The highest BCUT2D eigenvalue weighted by Crippen LogP contribution is 2.28. The zero-order valence-corrected chi connectivity index (χ0v) is 13.3. The maximum atomic E-state index is 12.2. The van der Waals surface area contributed by atoms with Crippen LogP contribution in [-0.2, 0) is 6.54 Å².